The van der Waals surface area contributed by atoms with E-state index >= 15 is 0 Å². The summed E-state index contributed by atoms with van der Waals surface area (Å²) in [5, 5.41) is 11.4. The molecule has 0 saturated carbocycles. The molecule has 0 aliphatic rings. The van der Waals surface area contributed by atoms with Gasteiger partial charge in [0.2, 0.25) is 0 Å². The summed E-state index contributed by atoms with van der Waals surface area (Å²) in [6, 6.07) is 19.7. The van der Waals surface area contributed by atoms with Crippen LogP contribution in [-0.2, 0) is 6.54 Å². The molecule has 0 aliphatic carbocycles. The predicted molar refractivity (Wildman–Crippen MR) is 114 cm³/mol. The molecule has 6 heteroatoms. The molecule has 3 rings (SSSR count). The first-order valence-electron chi connectivity index (χ1n) is 9.23. The summed E-state index contributed by atoms with van der Waals surface area (Å²) in [5.41, 5.74) is 10.7. The van der Waals surface area contributed by atoms with E-state index in [9.17, 15) is 0 Å². The van der Waals surface area contributed by atoms with Crippen LogP contribution in [0.4, 0.5) is 0 Å². The quantitative estimate of drug-likeness (QED) is 0.247. The summed E-state index contributed by atoms with van der Waals surface area (Å²) in [6.07, 6.45) is 9.10. The Kier molecular flexibility index (Phi) is 11.7. The third-order valence-corrected chi connectivity index (χ3v) is 3.39. The SMILES string of the molecule is C#Cc1ccccc1.CCCN=[N+]=[N-].CCCn1cc(-c2ccccc2)nn1. The van der Waals surface area contributed by atoms with Crippen molar-refractivity contribution in [1.82, 2.24) is 15.0 Å². The van der Waals surface area contributed by atoms with E-state index in [-0.39, 0.29) is 0 Å². The molecule has 0 N–H and O–H groups in total. The molecule has 0 amide bonds. The molecule has 0 bridgehead atoms. The van der Waals surface area contributed by atoms with Gasteiger partial charge in [-0.25, -0.2) is 0 Å². The van der Waals surface area contributed by atoms with Crippen LogP contribution < -0.4 is 0 Å². The van der Waals surface area contributed by atoms with Gasteiger partial charge >= 0.3 is 0 Å². The maximum absolute atomic E-state index is 7.66. The number of hydrogen-bond donors (Lipinski definition) is 0. The fraction of sp³-hybridized carbons (Fsp3) is 0.273. The first-order chi connectivity index (χ1) is 13.7. The lowest BCUT2D eigenvalue weighted by Gasteiger charge is -1.94. The van der Waals surface area contributed by atoms with E-state index < -0.39 is 0 Å². The van der Waals surface area contributed by atoms with Crippen LogP contribution in [0.25, 0.3) is 21.7 Å². The fourth-order valence-electron chi connectivity index (χ4n) is 2.06. The largest absolute Gasteiger partial charge is 0.252 e. The number of aryl methyl sites for hydroxylation is 1. The van der Waals surface area contributed by atoms with Crippen molar-refractivity contribution in [1.29, 1.82) is 0 Å². The molecule has 0 aliphatic heterocycles. The van der Waals surface area contributed by atoms with Crippen molar-refractivity contribution in [3.05, 3.63) is 82.9 Å². The van der Waals surface area contributed by atoms with Crippen LogP contribution in [0, 0.1) is 12.3 Å². The zero-order valence-corrected chi connectivity index (χ0v) is 16.4. The highest BCUT2D eigenvalue weighted by molar-refractivity contribution is 5.57. The number of rotatable bonds is 5. The van der Waals surface area contributed by atoms with Gasteiger partial charge in [-0.1, -0.05) is 85.0 Å². The monoisotopic (exact) mass is 374 g/mol. The Labute approximate surface area is 166 Å². The highest BCUT2D eigenvalue weighted by Gasteiger charge is 2.01. The smallest absolute Gasteiger partial charge is 0.113 e. The van der Waals surface area contributed by atoms with Gasteiger partial charge in [0, 0.05) is 29.1 Å². The molecular weight excluding hydrogens is 348 g/mol. The van der Waals surface area contributed by atoms with Gasteiger partial charge in [-0.3, -0.25) is 4.68 Å². The summed E-state index contributed by atoms with van der Waals surface area (Å²) in [5.74, 6) is 2.53. The summed E-state index contributed by atoms with van der Waals surface area (Å²) in [4.78, 5) is 2.55. The molecule has 28 heavy (non-hydrogen) atoms. The van der Waals surface area contributed by atoms with Crippen molar-refractivity contribution in [2.45, 2.75) is 33.2 Å². The summed E-state index contributed by atoms with van der Waals surface area (Å²) in [6.45, 7) is 5.65. The predicted octanol–water partition coefficient (Wildman–Crippen LogP) is 5.73. The zero-order valence-electron chi connectivity index (χ0n) is 16.4. The molecule has 1 aromatic heterocycles. The van der Waals surface area contributed by atoms with Gasteiger partial charge in [-0.2, -0.15) is 0 Å². The maximum atomic E-state index is 7.66. The average molecular weight is 374 g/mol. The topological polar surface area (TPSA) is 79.5 Å². The first-order valence-corrected chi connectivity index (χ1v) is 9.23. The van der Waals surface area contributed by atoms with Crippen LogP contribution in [0.15, 0.2) is 72.0 Å². The number of nitrogens with zero attached hydrogens (tertiary/aromatic N) is 6. The second kappa shape index (κ2) is 14.6. The molecule has 0 radical (unpaired) electrons. The highest BCUT2D eigenvalue weighted by Crippen LogP contribution is 2.14. The molecule has 3 aromatic rings. The van der Waals surface area contributed by atoms with Crippen molar-refractivity contribution >= 4 is 0 Å². The van der Waals surface area contributed by atoms with Gasteiger partial charge in [0.25, 0.3) is 0 Å². The number of hydrogen-bond acceptors (Lipinski definition) is 3. The average Bonchev–Trinajstić information content (AvgIpc) is 3.23. The van der Waals surface area contributed by atoms with Crippen LogP contribution >= 0.6 is 0 Å². The Balaban J connectivity index is 0.000000238. The summed E-state index contributed by atoms with van der Waals surface area (Å²) >= 11 is 0. The van der Waals surface area contributed by atoms with Crippen molar-refractivity contribution < 1.29 is 0 Å². The molecule has 0 spiro atoms. The van der Waals surface area contributed by atoms with Crippen LogP contribution in [0.1, 0.15) is 32.3 Å². The second-order valence-corrected chi connectivity index (χ2v) is 5.70. The lowest BCUT2D eigenvalue weighted by Crippen LogP contribution is -1.96. The Morgan fingerprint density at radius 1 is 1.04 bits per heavy atom. The Hall–Kier alpha value is -3.55. The van der Waals surface area contributed by atoms with Gasteiger partial charge in [0.05, 0.1) is 6.20 Å². The van der Waals surface area contributed by atoms with Crippen LogP contribution in [0.3, 0.4) is 0 Å². The maximum Gasteiger partial charge on any atom is 0.113 e. The van der Waals surface area contributed by atoms with Gasteiger partial charge in [0.15, 0.2) is 0 Å². The first kappa shape index (κ1) is 22.5. The van der Waals surface area contributed by atoms with E-state index in [2.05, 4.69) is 33.2 Å². The fourth-order valence-corrected chi connectivity index (χ4v) is 2.06. The van der Waals surface area contributed by atoms with Crippen molar-refractivity contribution in [3.8, 4) is 23.6 Å². The van der Waals surface area contributed by atoms with E-state index in [0.29, 0.717) is 6.54 Å². The summed E-state index contributed by atoms with van der Waals surface area (Å²) in [7, 11) is 0. The molecule has 6 nitrogen and oxygen atoms in total. The Bertz CT molecular complexity index is 859. The van der Waals surface area contributed by atoms with E-state index in [0.717, 1.165) is 36.2 Å². The number of terminal acetylenes is 1. The van der Waals surface area contributed by atoms with Gasteiger partial charge in [-0.05, 0) is 24.1 Å². The third-order valence-electron chi connectivity index (χ3n) is 3.39. The lowest BCUT2D eigenvalue weighted by molar-refractivity contribution is 0.579. The number of aromatic nitrogens is 3. The molecule has 144 valence electrons. The third kappa shape index (κ3) is 9.23. The molecular formula is C22H26N6. The van der Waals surface area contributed by atoms with E-state index in [1.807, 2.05) is 78.5 Å². The normalized spacial score (nSPS) is 8.89. The van der Waals surface area contributed by atoms with E-state index in [1.165, 1.54) is 0 Å². The molecule has 0 saturated heterocycles. The van der Waals surface area contributed by atoms with Gasteiger partial charge in [-0.15, -0.1) is 11.5 Å². The minimum absolute atomic E-state index is 0.622. The molecule has 0 unspecified atom stereocenters. The van der Waals surface area contributed by atoms with Gasteiger partial charge < -0.3 is 0 Å². The van der Waals surface area contributed by atoms with Crippen LogP contribution in [0.5, 0.6) is 0 Å². The van der Waals surface area contributed by atoms with Crippen LogP contribution in [0.2, 0.25) is 0 Å². The minimum atomic E-state index is 0.622. The molecule has 1 heterocycles. The van der Waals surface area contributed by atoms with Crippen molar-refractivity contribution in [2.75, 3.05) is 6.54 Å². The Morgan fingerprint density at radius 2 is 1.68 bits per heavy atom. The molecule has 0 atom stereocenters. The molecule has 0 fully saturated rings. The van der Waals surface area contributed by atoms with E-state index in [4.69, 9.17) is 12.0 Å². The lowest BCUT2D eigenvalue weighted by atomic mass is 10.2. The van der Waals surface area contributed by atoms with Crippen molar-refractivity contribution in [3.63, 3.8) is 0 Å². The minimum Gasteiger partial charge on any atom is -0.252 e. The van der Waals surface area contributed by atoms with Crippen molar-refractivity contribution in [2.24, 2.45) is 5.11 Å². The standard InChI is InChI=1S/C11H13N3.C8H6.C3H7N3/c1-2-8-14-9-11(12-13-14)10-6-4-3-5-7-10;1-2-8-6-4-3-5-7-8;1-2-3-5-6-4/h3-7,9H,2,8H2,1H3;1,3-7H;2-3H2,1H3. The number of benzene rings is 2. The highest BCUT2D eigenvalue weighted by atomic mass is 15.4. The zero-order chi connectivity index (χ0) is 20.5. The van der Waals surface area contributed by atoms with Gasteiger partial charge in [0.1, 0.15) is 5.69 Å². The number of azide groups is 1. The molecule has 2 aromatic carbocycles. The van der Waals surface area contributed by atoms with Crippen LogP contribution in [-0.4, -0.2) is 21.5 Å². The second-order valence-electron chi connectivity index (χ2n) is 5.70. The van der Waals surface area contributed by atoms with E-state index in [1.54, 1.807) is 0 Å². The summed E-state index contributed by atoms with van der Waals surface area (Å²) < 4.78 is 1.88. The Morgan fingerprint density at radius 3 is 2.14 bits per heavy atom.